The van der Waals surface area contributed by atoms with Gasteiger partial charge in [-0.2, -0.15) is 11.4 Å². The Balaban J connectivity index is 0.000000467. The molecule has 0 saturated carbocycles. The van der Waals surface area contributed by atoms with Gasteiger partial charge in [-0.3, -0.25) is 9.98 Å². The van der Waals surface area contributed by atoms with Crippen molar-refractivity contribution in [2.75, 3.05) is 0 Å². The summed E-state index contributed by atoms with van der Waals surface area (Å²) >= 11 is 0. The molecule has 0 aliphatic heterocycles. The molecule has 0 saturated heterocycles. The topological polar surface area (TPSA) is 99.0 Å². The molecule has 0 aliphatic rings. The van der Waals surface area contributed by atoms with Gasteiger partial charge in [0.05, 0.1) is 11.4 Å². The minimum absolute atomic E-state index is 0. The van der Waals surface area contributed by atoms with E-state index in [1.165, 1.54) is 22.3 Å². The first-order valence-electron chi connectivity index (χ1n) is 24.9. The largest absolute Gasteiger partial charge is 4.00 e. The molecule has 0 heterocycles. The number of hydrogen-bond donors (Lipinski definition) is 0. The minimum Gasteiger partial charge on any atom is -0.873 e. The van der Waals surface area contributed by atoms with Crippen molar-refractivity contribution in [1.82, 2.24) is 0 Å². The van der Waals surface area contributed by atoms with Crippen LogP contribution in [-0.4, -0.2) is 11.4 Å². The third-order valence-electron chi connectivity index (χ3n) is 12.2. The van der Waals surface area contributed by atoms with E-state index in [2.05, 4.69) is 187 Å². The molecule has 0 amide bonds. The fourth-order valence-corrected chi connectivity index (χ4v) is 8.12. The number of hydrogen-bond acceptors (Lipinski definition) is 4. The molecule has 4 aromatic carbocycles. The van der Waals surface area contributed by atoms with Crippen molar-refractivity contribution in [3.63, 3.8) is 0 Å². The van der Waals surface area contributed by atoms with Gasteiger partial charge >= 0.3 is 26.2 Å². The molecule has 0 bridgehead atoms. The zero-order valence-electron chi connectivity index (χ0n) is 47.3. The molecule has 372 valence electrons. The van der Waals surface area contributed by atoms with E-state index in [1.54, 1.807) is 0 Å². The third kappa shape index (κ3) is 17.0. The molecular weight excluding hydrogens is 924 g/mol. The van der Waals surface area contributed by atoms with Gasteiger partial charge in [-0.15, -0.1) is 22.9 Å². The van der Waals surface area contributed by atoms with Crippen molar-refractivity contribution < 1.29 is 36.4 Å². The number of aliphatic imine (C=N–C) groups is 2. The molecule has 6 nitrogen and oxygen atoms in total. The maximum Gasteiger partial charge on any atom is 4.00 e. The standard InChI is InChI=1S/2C31H45N2O.Zr/c2*1-19(2)24-14-13-15-25(20(3)4)28(24)33-22(6)16-21(5)32-27-18-23(30(7,8)9)17-26(29(27)34)31(10,11)12;/h2*13-20H,1-12H3,(H-,32,33,34);/q2*-1;+4/p-2. The molecule has 0 aliphatic carbocycles. The van der Waals surface area contributed by atoms with Gasteiger partial charge in [0.2, 0.25) is 0 Å². The van der Waals surface area contributed by atoms with Crippen molar-refractivity contribution in [2.45, 2.75) is 212 Å². The Labute approximate surface area is 440 Å². The molecule has 4 aromatic rings. The summed E-state index contributed by atoms with van der Waals surface area (Å²) in [5.41, 5.74) is 14.7. The van der Waals surface area contributed by atoms with Crippen LogP contribution in [0.4, 0.5) is 22.7 Å². The van der Waals surface area contributed by atoms with Gasteiger partial charge in [0.1, 0.15) is 0 Å². The van der Waals surface area contributed by atoms with E-state index in [0.717, 1.165) is 56.4 Å². The van der Waals surface area contributed by atoms with Crippen LogP contribution in [0.25, 0.3) is 10.6 Å². The van der Waals surface area contributed by atoms with Crippen LogP contribution in [-0.2, 0) is 47.9 Å². The molecule has 0 spiro atoms. The van der Waals surface area contributed by atoms with Crippen LogP contribution in [0.1, 0.15) is 234 Å². The van der Waals surface area contributed by atoms with Gasteiger partial charge in [-0.05, 0) is 92.6 Å². The van der Waals surface area contributed by atoms with Crippen LogP contribution in [0, 0.1) is 0 Å². The van der Waals surface area contributed by atoms with Gasteiger partial charge in [0.15, 0.2) is 0 Å². The number of nitrogens with zero attached hydrogens (tertiary/aromatic N) is 4. The molecule has 0 atom stereocenters. The first kappa shape index (κ1) is 60.9. The molecule has 4 rings (SSSR count). The van der Waals surface area contributed by atoms with E-state index in [4.69, 9.17) is 20.6 Å². The maximum absolute atomic E-state index is 13.3. The summed E-state index contributed by atoms with van der Waals surface area (Å²) in [5, 5.41) is 36.1. The molecular formula is C62H88N4O2Zr. The molecule has 0 fully saturated rings. The Morgan fingerprint density at radius 3 is 0.928 bits per heavy atom. The van der Waals surface area contributed by atoms with E-state index in [9.17, 15) is 10.2 Å². The Morgan fingerprint density at radius 2 is 0.710 bits per heavy atom. The molecule has 69 heavy (non-hydrogen) atoms. The Bertz CT molecular complexity index is 2280. The van der Waals surface area contributed by atoms with Crippen molar-refractivity contribution in [3.8, 4) is 11.5 Å². The molecule has 0 unspecified atom stereocenters. The van der Waals surface area contributed by atoms with Crippen LogP contribution < -0.4 is 10.2 Å². The Morgan fingerprint density at radius 1 is 0.449 bits per heavy atom. The summed E-state index contributed by atoms with van der Waals surface area (Å²) < 4.78 is 0. The van der Waals surface area contributed by atoms with E-state index < -0.39 is 0 Å². The van der Waals surface area contributed by atoms with Crippen LogP contribution in [0.15, 0.2) is 94.2 Å². The van der Waals surface area contributed by atoms with Crippen LogP contribution in [0.3, 0.4) is 0 Å². The molecule has 7 heteroatoms. The van der Waals surface area contributed by atoms with Crippen molar-refractivity contribution in [1.29, 1.82) is 0 Å². The first-order chi connectivity index (χ1) is 31.0. The van der Waals surface area contributed by atoms with E-state index in [-0.39, 0.29) is 59.4 Å². The van der Waals surface area contributed by atoms with Crippen molar-refractivity contribution >= 4 is 34.2 Å². The average Bonchev–Trinajstić information content (AvgIpc) is 3.17. The Hall–Kier alpha value is -4.22. The number of allylic oxidation sites excluding steroid dienone is 4. The second-order valence-electron chi connectivity index (χ2n) is 24.2. The SMILES string of the molecule is CC(/C=C(/C)[N-]c1cc(C(C)(C)C)cc(C(C)(C)C)c1[O-])=Nc1c(C(C)C)cccc1C(C)C.CC(/C=C(/C)[N-]c1cc(C(C)(C)C)cc(C(C)(C)C)c1[O-])=Nc1c(C(C)C)cccc1C(C)C.[Zr+4]. The second-order valence-corrected chi connectivity index (χ2v) is 24.2. The second kappa shape index (κ2) is 24.3. The summed E-state index contributed by atoms with van der Waals surface area (Å²) in [6.45, 7) is 51.0. The van der Waals surface area contributed by atoms with Crippen LogP contribution in [0.2, 0.25) is 0 Å². The summed E-state index contributed by atoms with van der Waals surface area (Å²) in [5.74, 6) is 1.57. The monoisotopic (exact) mass is 1010 g/mol. The maximum atomic E-state index is 13.3. The predicted octanol–water partition coefficient (Wildman–Crippen LogP) is 18.6. The summed E-state index contributed by atoms with van der Waals surface area (Å²) in [6.07, 6.45) is 3.95. The summed E-state index contributed by atoms with van der Waals surface area (Å²) in [4.78, 5) is 10.0. The van der Waals surface area contributed by atoms with Crippen molar-refractivity contribution in [2.24, 2.45) is 9.98 Å². The van der Waals surface area contributed by atoms with Gasteiger partial charge < -0.3 is 20.8 Å². The van der Waals surface area contributed by atoms with Crippen LogP contribution in [0.5, 0.6) is 11.5 Å². The van der Waals surface area contributed by atoms with E-state index in [0.29, 0.717) is 35.0 Å². The zero-order valence-corrected chi connectivity index (χ0v) is 49.8. The predicted molar refractivity (Wildman–Crippen MR) is 295 cm³/mol. The van der Waals surface area contributed by atoms with E-state index >= 15 is 0 Å². The number of para-hydroxylation sites is 2. The smallest absolute Gasteiger partial charge is 0.873 e. The third-order valence-corrected chi connectivity index (χ3v) is 12.2. The quantitative estimate of drug-likeness (QED) is 0.132. The fourth-order valence-electron chi connectivity index (χ4n) is 8.12. The number of benzene rings is 4. The first-order valence-corrected chi connectivity index (χ1v) is 24.9. The average molecular weight is 1010 g/mol. The fraction of sp³-hybridized carbons (Fsp3) is 0.516. The van der Waals surface area contributed by atoms with Crippen molar-refractivity contribution in [3.05, 3.63) is 139 Å². The van der Waals surface area contributed by atoms with Gasteiger partial charge in [0, 0.05) is 11.4 Å². The normalized spacial score (nSPS) is 13.5. The molecule has 0 aromatic heterocycles. The van der Waals surface area contributed by atoms with Gasteiger partial charge in [0.25, 0.3) is 0 Å². The van der Waals surface area contributed by atoms with E-state index in [1.807, 2.05) is 52.0 Å². The van der Waals surface area contributed by atoms with Crippen LogP contribution >= 0.6 is 0 Å². The van der Waals surface area contributed by atoms with Gasteiger partial charge in [-0.1, -0.05) is 236 Å². The summed E-state index contributed by atoms with van der Waals surface area (Å²) in [6, 6.07) is 20.9. The van der Waals surface area contributed by atoms with Gasteiger partial charge in [-0.25, -0.2) is 0 Å². The number of rotatable bonds is 12. The summed E-state index contributed by atoms with van der Waals surface area (Å²) in [7, 11) is 0. The molecule has 0 radical (unpaired) electrons. The zero-order chi connectivity index (χ0) is 52.0. The Kier molecular flexibility index (Phi) is 21.4. The minimum atomic E-state index is -0.245. The molecule has 0 N–H and O–H groups in total.